The number of hydrogen-bond acceptors (Lipinski definition) is 8. The summed E-state index contributed by atoms with van der Waals surface area (Å²) in [4.78, 5) is 13.4. The summed E-state index contributed by atoms with van der Waals surface area (Å²) in [7, 11) is 0. The van der Waals surface area contributed by atoms with Crippen LogP contribution in [0.4, 0.5) is 11.8 Å². The number of aliphatic hydroxyl groups excluding tert-OH is 1. The Labute approximate surface area is 182 Å². The molecule has 1 unspecified atom stereocenters. The van der Waals surface area contributed by atoms with Gasteiger partial charge in [-0.25, -0.2) is 9.50 Å². The Balaban J connectivity index is 1.63. The first-order chi connectivity index (χ1) is 15.0. The van der Waals surface area contributed by atoms with Gasteiger partial charge in [0.1, 0.15) is 6.10 Å². The lowest BCUT2D eigenvalue weighted by Gasteiger charge is -2.24. The molecular formula is C22H32N8O. The van der Waals surface area contributed by atoms with Crippen LogP contribution in [0.25, 0.3) is 5.65 Å². The summed E-state index contributed by atoms with van der Waals surface area (Å²) in [6.07, 6.45) is 6.67. The van der Waals surface area contributed by atoms with E-state index >= 15 is 0 Å². The summed E-state index contributed by atoms with van der Waals surface area (Å²) in [5.74, 6) is 1.16. The predicted octanol–water partition coefficient (Wildman–Crippen LogP) is 2.56. The number of nitrogens with two attached hydrogens (primary N) is 1. The molecule has 9 nitrogen and oxygen atoms in total. The van der Waals surface area contributed by atoms with Gasteiger partial charge in [0.25, 0.3) is 0 Å². The average molecular weight is 425 g/mol. The summed E-state index contributed by atoms with van der Waals surface area (Å²) >= 11 is 0. The molecule has 1 aliphatic heterocycles. The van der Waals surface area contributed by atoms with E-state index in [9.17, 15) is 5.11 Å². The second-order valence-corrected chi connectivity index (χ2v) is 8.47. The number of fused-ring (bicyclic) bond motifs is 1. The average Bonchev–Trinajstić information content (AvgIpc) is 3.18. The number of nitrogens with zero attached hydrogens (tertiary/aromatic N) is 5. The van der Waals surface area contributed by atoms with Crippen molar-refractivity contribution >= 4 is 17.4 Å². The normalized spacial score (nSPS) is 17.0. The van der Waals surface area contributed by atoms with E-state index in [0.29, 0.717) is 28.8 Å². The van der Waals surface area contributed by atoms with Crippen molar-refractivity contribution in [1.82, 2.24) is 29.9 Å². The first-order valence-electron chi connectivity index (χ1n) is 11.1. The van der Waals surface area contributed by atoms with Crippen LogP contribution in [-0.4, -0.2) is 48.8 Å². The van der Waals surface area contributed by atoms with E-state index in [1.807, 2.05) is 6.07 Å². The minimum absolute atomic E-state index is 0.216. The maximum atomic E-state index is 11.1. The highest BCUT2D eigenvalue weighted by atomic mass is 16.3. The topological polar surface area (TPSA) is 126 Å². The summed E-state index contributed by atoms with van der Waals surface area (Å²) in [6.45, 7) is 8.31. The van der Waals surface area contributed by atoms with Crippen molar-refractivity contribution < 1.29 is 5.11 Å². The van der Waals surface area contributed by atoms with Crippen LogP contribution in [-0.2, 0) is 0 Å². The molecule has 31 heavy (non-hydrogen) atoms. The van der Waals surface area contributed by atoms with E-state index in [-0.39, 0.29) is 11.9 Å². The van der Waals surface area contributed by atoms with Gasteiger partial charge in [0.15, 0.2) is 11.5 Å². The predicted molar refractivity (Wildman–Crippen MR) is 121 cm³/mol. The molecule has 3 aromatic rings. The Morgan fingerprint density at radius 1 is 1.29 bits per heavy atom. The number of rotatable bonds is 7. The first-order valence-corrected chi connectivity index (χ1v) is 11.1. The summed E-state index contributed by atoms with van der Waals surface area (Å²) < 4.78 is 1.57. The van der Waals surface area contributed by atoms with Crippen molar-refractivity contribution in [2.24, 2.45) is 0 Å². The molecule has 0 aliphatic carbocycles. The maximum Gasteiger partial charge on any atom is 0.243 e. The molecule has 4 rings (SSSR count). The second kappa shape index (κ2) is 9.15. The SMILES string of the molecule is CCC[C@H](C)Nc1nc(N)c2ncc(C(O)c3cnc(C4CCNCC4)c(C)c3)n2n1. The molecule has 1 aliphatic rings. The van der Waals surface area contributed by atoms with Gasteiger partial charge in [0, 0.05) is 29.4 Å². The molecular weight excluding hydrogens is 392 g/mol. The van der Waals surface area contributed by atoms with Gasteiger partial charge in [-0.3, -0.25) is 4.98 Å². The number of nitrogens with one attached hydrogen (secondary N) is 2. The molecule has 0 bridgehead atoms. The van der Waals surface area contributed by atoms with E-state index in [1.165, 1.54) is 0 Å². The van der Waals surface area contributed by atoms with Crippen LogP contribution < -0.4 is 16.4 Å². The molecule has 5 N–H and O–H groups in total. The highest BCUT2D eigenvalue weighted by molar-refractivity contribution is 5.61. The number of aromatic nitrogens is 5. The molecule has 1 fully saturated rings. The third-order valence-corrected chi connectivity index (χ3v) is 5.97. The van der Waals surface area contributed by atoms with Gasteiger partial charge >= 0.3 is 0 Å². The monoisotopic (exact) mass is 424 g/mol. The molecule has 3 aromatic heterocycles. The van der Waals surface area contributed by atoms with Crippen molar-refractivity contribution in [2.45, 2.75) is 64.5 Å². The molecule has 4 heterocycles. The van der Waals surface area contributed by atoms with Crippen LogP contribution in [0.1, 0.15) is 74.1 Å². The van der Waals surface area contributed by atoms with E-state index < -0.39 is 6.10 Å². The number of nitrogen functional groups attached to an aromatic ring is 1. The largest absolute Gasteiger partial charge is 0.382 e. The first kappa shape index (κ1) is 21.5. The Morgan fingerprint density at radius 2 is 2.06 bits per heavy atom. The lowest BCUT2D eigenvalue weighted by molar-refractivity contribution is 0.212. The fourth-order valence-corrected chi connectivity index (χ4v) is 4.34. The zero-order chi connectivity index (χ0) is 22.0. The van der Waals surface area contributed by atoms with Crippen LogP contribution >= 0.6 is 0 Å². The second-order valence-electron chi connectivity index (χ2n) is 8.47. The van der Waals surface area contributed by atoms with Crippen molar-refractivity contribution in [1.29, 1.82) is 0 Å². The molecule has 1 saturated heterocycles. The van der Waals surface area contributed by atoms with Crippen LogP contribution in [0, 0.1) is 6.92 Å². The van der Waals surface area contributed by atoms with E-state index in [4.69, 9.17) is 10.7 Å². The van der Waals surface area contributed by atoms with E-state index in [2.05, 4.69) is 46.5 Å². The number of piperidine rings is 1. The van der Waals surface area contributed by atoms with Crippen molar-refractivity contribution in [2.75, 3.05) is 24.1 Å². The zero-order valence-electron chi connectivity index (χ0n) is 18.5. The third kappa shape index (κ3) is 4.47. The molecule has 0 aromatic carbocycles. The maximum absolute atomic E-state index is 11.1. The van der Waals surface area contributed by atoms with Crippen LogP contribution in [0.5, 0.6) is 0 Å². The molecule has 2 atom stereocenters. The molecule has 166 valence electrons. The molecule has 9 heteroatoms. The number of hydrogen-bond donors (Lipinski definition) is 4. The van der Waals surface area contributed by atoms with Gasteiger partial charge in [-0.1, -0.05) is 13.3 Å². The zero-order valence-corrected chi connectivity index (χ0v) is 18.5. The van der Waals surface area contributed by atoms with Gasteiger partial charge in [-0.05, 0) is 57.8 Å². The molecule has 0 spiro atoms. The fraction of sp³-hybridized carbons (Fsp3) is 0.545. The highest BCUT2D eigenvalue weighted by Crippen LogP contribution is 2.29. The standard InChI is InChI=1S/C22H32N8O/c1-4-5-14(3)27-22-28-20(23)21-26-12-17(30(21)29-22)19(31)16-10-13(2)18(25-11-16)15-6-8-24-9-7-15/h10-12,14-15,19,24,31H,4-9H2,1-3H3,(H3,23,27,28,29)/t14-,19?/m0/s1. The smallest absolute Gasteiger partial charge is 0.243 e. The summed E-state index contributed by atoms with van der Waals surface area (Å²) in [5, 5.41) is 22.3. The number of aliphatic hydroxyl groups is 1. The fourth-order valence-electron chi connectivity index (χ4n) is 4.34. The van der Waals surface area contributed by atoms with Crippen molar-refractivity contribution in [3.05, 3.63) is 41.0 Å². The Bertz CT molecular complexity index is 1040. The lowest BCUT2D eigenvalue weighted by atomic mass is 9.91. The van der Waals surface area contributed by atoms with Crippen LogP contribution in [0.2, 0.25) is 0 Å². The minimum Gasteiger partial charge on any atom is -0.382 e. The van der Waals surface area contributed by atoms with Crippen molar-refractivity contribution in [3.63, 3.8) is 0 Å². The van der Waals surface area contributed by atoms with Gasteiger partial charge in [0.2, 0.25) is 5.95 Å². The number of imidazole rings is 1. The van der Waals surface area contributed by atoms with E-state index in [0.717, 1.165) is 50.0 Å². The quantitative estimate of drug-likeness (QED) is 0.456. The van der Waals surface area contributed by atoms with Crippen LogP contribution in [0.15, 0.2) is 18.5 Å². The number of pyridine rings is 1. The molecule has 0 saturated carbocycles. The summed E-state index contributed by atoms with van der Waals surface area (Å²) in [5.41, 5.74) is 10.0. The summed E-state index contributed by atoms with van der Waals surface area (Å²) in [6, 6.07) is 2.23. The van der Waals surface area contributed by atoms with Gasteiger partial charge < -0.3 is 21.5 Å². The Kier molecular flexibility index (Phi) is 6.33. The Morgan fingerprint density at radius 3 is 2.77 bits per heavy atom. The van der Waals surface area contributed by atoms with Gasteiger partial charge in [-0.15, -0.1) is 5.10 Å². The number of anilines is 2. The highest BCUT2D eigenvalue weighted by Gasteiger charge is 2.23. The molecule has 0 amide bonds. The number of aryl methyl sites for hydroxylation is 1. The van der Waals surface area contributed by atoms with E-state index in [1.54, 1.807) is 16.9 Å². The van der Waals surface area contributed by atoms with Crippen LogP contribution in [0.3, 0.4) is 0 Å². The van der Waals surface area contributed by atoms with Gasteiger partial charge in [-0.2, -0.15) is 4.98 Å². The van der Waals surface area contributed by atoms with Crippen molar-refractivity contribution in [3.8, 4) is 0 Å². The Hall–Kier alpha value is -2.78. The van der Waals surface area contributed by atoms with Gasteiger partial charge in [0.05, 0.1) is 11.9 Å². The lowest BCUT2D eigenvalue weighted by Crippen LogP contribution is -2.27. The third-order valence-electron chi connectivity index (χ3n) is 5.97. The minimum atomic E-state index is -0.918. The molecule has 0 radical (unpaired) electrons.